The summed E-state index contributed by atoms with van der Waals surface area (Å²) >= 11 is 0. The van der Waals surface area contributed by atoms with Gasteiger partial charge in [0.1, 0.15) is 17.4 Å². The molecular formula is C20H30N6O. The molecule has 0 aliphatic carbocycles. The van der Waals surface area contributed by atoms with E-state index in [1.807, 2.05) is 23.7 Å². The third-order valence-electron chi connectivity index (χ3n) is 5.07. The summed E-state index contributed by atoms with van der Waals surface area (Å²) < 4.78 is 7.24. The Morgan fingerprint density at radius 1 is 1.37 bits per heavy atom. The molecule has 1 aromatic carbocycles. The topological polar surface area (TPSA) is 76.4 Å². The molecule has 7 nitrogen and oxygen atoms in total. The van der Waals surface area contributed by atoms with E-state index in [-0.39, 0.29) is 6.04 Å². The van der Waals surface area contributed by atoms with E-state index in [1.165, 1.54) is 5.56 Å². The molecule has 1 aromatic heterocycles. The predicted molar refractivity (Wildman–Crippen MR) is 107 cm³/mol. The number of benzene rings is 1. The minimum absolute atomic E-state index is 0.158. The summed E-state index contributed by atoms with van der Waals surface area (Å²) in [4.78, 5) is 8.95. The van der Waals surface area contributed by atoms with E-state index in [2.05, 4.69) is 44.8 Å². The summed E-state index contributed by atoms with van der Waals surface area (Å²) in [5, 5.41) is 11.4. The summed E-state index contributed by atoms with van der Waals surface area (Å²) in [5.41, 5.74) is 1.32. The Balaban J connectivity index is 1.51. The van der Waals surface area contributed by atoms with Crippen LogP contribution in [0.25, 0.3) is 0 Å². The second-order valence-corrected chi connectivity index (χ2v) is 7.04. The number of ether oxygens (including phenoxy) is 1. The Kier molecular flexibility index (Phi) is 6.32. The van der Waals surface area contributed by atoms with E-state index in [9.17, 15) is 0 Å². The van der Waals surface area contributed by atoms with Crippen molar-refractivity contribution in [1.82, 2.24) is 25.4 Å². The van der Waals surface area contributed by atoms with Crippen molar-refractivity contribution in [3.8, 4) is 5.75 Å². The van der Waals surface area contributed by atoms with Crippen LogP contribution >= 0.6 is 0 Å². The smallest absolute Gasteiger partial charge is 0.191 e. The highest BCUT2D eigenvalue weighted by Crippen LogP contribution is 2.23. The molecular weight excluding hydrogens is 340 g/mol. The lowest BCUT2D eigenvalue weighted by atomic mass is 9.98. The average Bonchev–Trinajstić information content (AvgIpc) is 3.08. The Bertz CT molecular complexity index is 767. The number of guanidine groups is 1. The van der Waals surface area contributed by atoms with Crippen molar-refractivity contribution in [1.29, 1.82) is 0 Å². The number of nitrogens with one attached hydrogen (secondary N) is 2. The van der Waals surface area contributed by atoms with Gasteiger partial charge in [0.05, 0.1) is 13.2 Å². The number of nitrogens with zero attached hydrogens (tertiary/aromatic N) is 4. The van der Waals surface area contributed by atoms with Crippen LogP contribution in [0, 0.1) is 6.92 Å². The van der Waals surface area contributed by atoms with Crippen molar-refractivity contribution < 1.29 is 4.74 Å². The normalized spacial score (nSPS) is 17.9. The van der Waals surface area contributed by atoms with Crippen LogP contribution in [0.2, 0.25) is 0 Å². The highest BCUT2D eigenvalue weighted by molar-refractivity contribution is 5.80. The van der Waals surface area contributed by atoms with Crippen LogP contribution in [0.15, 0.2) is 29.3 Å². The number of aromatic nitrogens is 3. The summed E-state index contributed by atoms with van der Waals surface area (Å²) in [6.07, 6.45) is 3.16. The molecule has 7 heteroatoms. The zero-order chi connectivity index (χ0) is 19.2. The summed E-state index contributed by atoms with van der Waals surface area (Å²) in [5.74, 6) is 4.01. The highest BCUT2D eigenvalue weighted by atomic mass is 16.5. The van der Waals surface area contributed by atoms with E-state index < -0.39 is 0 Å². The fourth-order valence-corrected chi connectivity index (χ4v) is 3.47. The molecule has 0 fully saturated rings. The van der Waals surface area contributed by atoms with Crippen molar-refractivity contribution in [3.05, 3.63) is 41.5 Å². The highest BCUT2D eigenvalue weighted by Gasteiger charge is 2.24. The summed E-state index contributed by atoms with van der Waals surface area (Å²) in [7, 11) is 3.50. The maximum atomic E-state index is 5.23. The first-order valence-electron chi connectivity index (χ1n) is 9.63. The first-order chi connectivity index (χ1) is 13.1. The lowest BCUT2D eigenvalue weighted by Crippen LogP contribution is -2.42. The van der Waals surface area contributed by atoms with Crippen LogP contribution in [0.1, 0.15) is 55.4 Å². The first-order valence-corrected chi connectivity index (χ1v) is 9.63. The van der Waals surface area contributed by atoms with Crippen molar-refractivity contribution in [2.75, 3.05) is 20.7 Å². The van der Waals surface area contributed by atoms with Gasteiger partial charge < -0.3 is 15.4 Å². The molecule has 0 spiro atoms. The molecule has 1 aliphatic heterocycles. The molecule has 0 amide bonds. The van der Waals surface area contributed by atoms with Gasteiger partial charge in [0.15, 0.2) is 5.96 Å². The van der Waals surface area contributed by atoms with Gasteiger partial charge in [-0.15, -0.1) is 0 Å². The van der Waals surface area contributed by atoms with Gasteiger partial charge in [0, 0.05) is 20.1 Å². The van der Waals surface area contributed by atoms with Crippen LogP contribution in [-0.2, 0) is 6.54 Å². The lowest BCUT2D eigenvalue weighted by molar-refractivity contribution is 0.397. The fourth-order valence-electron chi connectivity index (χ4n) is 3.47. The molecule has 2 N–H and O–H groups in total. The van der Waals surface area contributed by atoms with E-state index >= 15 is 0 Å². The molecule has 2 atom stereocenters. The number of fused-ring (bicyclic) bond motifs is 1. The number of methoxy groups -OCH3 is 1. The van der Waals surface area contributed by atoms with Gasteiger partial charge in [-0.25, -0.2) is 9.67 Å². The number of hydrogen-bond donors (Lipinski definition) is 2. The SMILES string of the molecule is CN=C(NCCC(C)c1ccc(OC)cc1)NC1CCCn2nc(C)nc21. The second kappa shape index (κ2) is 8.88. The van der Waals surface area contributed by atoms with E-state index in [0.717, 1.165) is 55.7 Å². The maximum absolute atomic E-state index is 5.23. The zero-order valence-electron chi connectivity index (χ0n) is 16.7. The van der Waals surface area contributed by atoms with Crippen molar-refractivity contribution in [3.63, 3.8) is 0 Å². The van der Waals surface area contributed by atoms with Gasteiger partial charge in [0.25, 0.3) is 0 Å². The summed E-state index contributed by atoms with van der Waals surface area (Å²) in [6, 6.07) is 8.45. The zero-order valence-corrected chi connectivity index (χ0v) is 16.7. The van der Waals surface area contributed by atoms with Crippen molar-refractivity contribution in [2.45, 2.75) is 51.6 Å². The predicted octanol–water partition coefficient (Wildman–Crippen LogP) is 2.79. The van der Waals surface area contributed by atoms with Gasteiger partial charge in [0.2, 0.25) is 0 Å². The Morgan fingerprint density at radius 3 is 2.85 bits per heavy atom. The Labute approximate surface area is 161 Å². The van der Waals surface area contributed by atoms with Crippen LogP contribution in [0.5, 0.6) is 5.75 Å². The number of aryl methyl sites for hydroxylation is 2. The minimum Gasteiger partial charge on any atom is -0.497 e. The largest absolute Gasteiger partial charge is 0.497 e. The summed E-state index contributed by atoms with van der Waals surface area (Å²) in [6.45, 7) is 5.98. The van der Waals surface area contributed by atoms with Gasteiger partial charge in [-0.1, -0.05) is 19.1 Å². The molecule has 0 bridgehead atoms. The quantitative estimate of drug-likeness (QED) is 0.604. The van der Waals surface area contributed by atoms with E-state index in [4.69, 9.17) is 4.74 Å². The third kappa shape index (κ3) is 4.78. The van der Waals surface area contributed by atoms with E-state index in [0.29, 0.717) is 5.92 Å². The molecule has 2 unspecified atom stereocenters. The van der Waals surface area contributed by atoms with E-state index in [1.54, 1.807) is 14.2 Å². The Morgan fingerprint density at radius 2 is 2.15 bits per heavy atom. The molecule has 3 rings (SSSR count). The van der Waals surface area contributed by atoms with Gasteiger partial charge in [-0.05, 0) is 49.8 Å². The molecule has 146 valence electrons. The van der Waals surface area contributed by atoms with Gasteiger partial charge in [-0.3, -0.25) is 4.99 Å². The number of aliphatic imine (C=N–C) groups is 1. The van der Waals surface area contributed by atoms with Crippen molar-refractivity contribution in [2.24, 2.45) is 4.99 Å². The number of hydrogen-bond acceptors (Lipinski definition) is 4. The fraction of sp³-hybridized carbons (Fsp3) is 0.550. The van der Waals surface area contributed by atoms with Crippen LogP contribution < -0.4 is 15.4 Å². The minimum atomic E-state index is 0.158. The monoisotopic (exact) mass is 370 g/mol. The Hall–Kier alpha value is -2.57. The van der Waals surface area contributed by atoms with Gasteiger partial charge in [-0.2, -0.15) is 5.10 Å². The molecule has 0 radical (unpaired) electrons. The average molecular weight is 371 g/mol. The number of rotatable bonds is 6. The van der Waals surface area contributed by atoms with Crippen LogP contribution in [0.4, 0.5) is 0 Å². The molecule has 2 heterocycles. The lowest BCUT2D eigenvalue weighted by Gasteiger charge is -2.25. The van der Waals surface area contributed by atoms with Gasteiger partial charge >= 0.3 is 0 Å². The molecule has 2 aromatic rings. The third-order valence-corrected chi connectivity index (χ3v) is 5.07. The second-order valence-electron chi connectivity index (χ2n) is 7.04. The molecule has 0 saturated heterocycles. The standard InChI is InChI=1S/C20H30N6O/c1-14(16-7-9-17(27-4)10-8-16)11-12-22-20(21-3)24-18-6-5-13-26-19(18)23-15(2)25-26/h7-10,14,18H,5-6,11-13H2,1-4H3,(H2,21,22,24). The van der Waals surface area contributed by atoms with Crippen molar-refractivity contribution >= 4 is 5.96 Å². The van der Waals surface area contributed by atoms with Crippen LogP contribution in [-0.4, -0.2) is 41.4 Å². The van der Waals surface area contributed by atoms with Crippen LogP contribution in [0.3, 0.4) is 0 Å². The molecule has 1 aliphatic rings. The maximum Gasteiger partial charge on any atom is 0.191 e. The first kappa shape index (κ1) is 19.2. The molecule has 0 saturated carbocycles. The molecule has 27 heavy (non-hydrogen) atoms.